The summed E-state index contributed by atoms with van der Waals surface area (Å²) >= 11 is 0. The van der Waals surface area contributed by atoms with Crippen LogP contribution in [0.3, 0.4) is 0 Å². The first-order valence-corrected chi connectivity index (χ1v) is 33.2. The first-order chi connectivity index (χ1) is 45.9. The zero-order valence-corrected chi connectivity index (χ0v) is 60.5. The highest BCUT2D eigenvalue weighted by Crippen LogP contribution is 2.46. The van der Waals surface area contributed by atoms with Gasteiger partial charge in [-0.1, -0.05) is 119 Å². The number of carbonyl (C=O) groups excluding carboxylic acids is 7. The third-order valence-corrected chi connectivity index (χ3v) is 15.5. The number of phenolic OH excluding ortho intramolecular Hbond substituents is 1. The van der Waals surface area contributed by atoms with E-state index < -0.39 is 29.1 Å². The number of hydrogen-bond acceptors (Lipinski definition) is 18. The number of nitro groups is 2. The lowest BCUT2D eigenvalue weighted by Crippen LogP contribution is -2.31. The van der Waals surface area contributed by atoms with E-state index in [9.17, 15) is 63.5 Å². The lowest BCUT2D eigenvalue weighted by atomic mass is 9.77. The molecule has 0 aliphatic carbocycles. The van der Waals surface area contributed by atoms with Crippen LogP contribution in [0.15, 0.2) is 132 Å². The van der Waals surface area contributed by atoms with Gasteiger partial charge in [-0.05, 0) is 153 Å². The molecule has 2 aliphatic heterocycles. The van der Waals surface area contributed by atoms with Crippen molar-refractivity contribution in [1.29, 1.82) is 0 Å². The maximum absolute atomic E-state index is 11.9. The van der Waals surface area contributed by atoms with Gasteiger partial charge in [0.05, 0.1) is 24.2 Å². The van der Waals surface area contributed by atoms with Crippen LogP contribution in [-0.4, -0.2) is 78.3 Å². The molecular weight excluding hydrogens is 1290 g/mol. The van der Waals surface area contributed by atoms with Crippen molar-refractivity contribution in [3.63, 3.8) is 0 Å². The molecule has 0 fully saturated rings. The van der Waals surface area contributed by atoms with Crippen molar-refractivity contribution >= 4 is 60.5 Å². The van der Waals surface area contributed by atoms with Crippen molar-refractivity contribution < 1.29 is 81.6 Å². The van der Waals surface area contributed by atoms with E-state index in [1.165, 1.54) is 50.2 Å². The quantitative estimate of drug-likeness (QED) is 0.0192. The van der Waals surface area contributed by atoms with E-state index >= 15 is 0 Å². The Morgan fingerprint density at radius 2 is 1.14 bits per heavy atom. The highest BCUT2D eigenvalue weighted by Gasteiger charge is 2.36. The van der Waals surface area contributed by atoms with Crippen molar-refractivity contribution in [1.82, 2.24) is 5.32 Å². The second-order valence-electron chi connectivity index (χ2n) is 26.4. The summed E-state index contributed by atoms with van der Waals surface area (Å²) in [6.07, 6.45) is 3.48. The number of rotatable bonds is 19. The second-order valence-corrected chi connectivity index (χ2v) is 27.5. The summed E-state index contributed by atoms with van der Waals surface area (Å²) in [5.41, 5.74) is 12.2. The van der Waals surface area contributed by atoms with Gasteiger partial charge in [0.2, 0.25) is 5.91 Å². The SMILES string of the molecule is CC(=O)CC(C)(C)c1c(C)cc(C)cc1O.CC(=O)CC(C)(C)c1c(C)cc(C)cc1OP(=O)(O)O.CC(=O)Cc1ccccc1CNC(=O)Cc1ccccc1.CC(=O)OCC1=CN=C([N+](=O)[O-])C1.CC(=O)OCc1ccc([N+](=O)[O-])cc1.Cc1cc(C)c2c(c1)OC(=O)CC2(C)C. The lowest BCUT2D eigenvalue weighted by molar-refractivity contribution is -0.384. The molecule has 0 unspecified atom stereocenters. The third-order valence-electron chi connectivity index (χ3n) is 15.1. The molecular formula is C75H93N4O19P. The Balaban J connectivity index is 0.000000312. The van der Waals surface area contributed by atoms with E-state index in [0.29, 0.717) is 49.1 Å². The number of Topliss-reactive ketones (excluding diaryl/α,β-unsaturated/α-hetero) is 3. The van der Waals surface area contributed by atoms with Crippen LogP contribution in [0.25, 0.3) is 0 Å². The number of ether oxygens (including phenoxy) is 3. The Bertz CT molecular complexity index is 3990. The zero-order valence-electron chi connectivity index (χ0n) is 59.6. The van der Waals surface area contributed by atoms with Crippen molar-refractivity contribution in [3.8, 4) is 17.2 Å². The molecule has 0 saturated heterocycles. The van der Waals surface area contributed by atoms with Crippen LogP contribution in [0.5, 0.6) is 17.2 Å². The van der Waals surface area contributed by atoms with E-state index in [0.717, 1.165) is 61.4 Å². The first-order valence-electron chi connectivity index (χ1n) is 31.6. The average Bonchev–Trinajstić information content (AvgIpc) is 1.19. The standard InChI is InChI=1S/C18H19NO2.C14H21O5P.C14H20O2.C13H16O2.C9H9NO4.C7H8N2O4/c1-14(20)11-16-9-5-6-10-17(16)13-19-18(21)12-15-7-3-2-4-8-15;1-9-6-10(2)13(14(4,5)8-11(3)15)12(7-9)19-20(16,17)18;1-9-6-10(2)13(12(16)7-9)14(4,5)8-11(3)15;1-8-5-9(2)12-10(6-8)15-11(14)7-13(12,3)4;1-7(11)14-6-8-2-4-9(5-3-8)10(12)13;1-5(10)13-4-6-2-7(8-3-6)9(11)12/h2-10H,11-13H2,1H3,(H,19,21);6-7H,8H2,1-5H3,(H2,16,17,18);6-7,16H,8H2,1-5H3;5-6H,7H2,1-4H3;2-5H,6H2,1H3;3H,2,4H2,1H3. The average molecular weight is 1390 g/mol. The molecule has 6 aromatic carbocycles. The normalized spacial score (nSPS) is 12.6. The van der Waals surface area contributed by atoms with E-state index in [1.807, 2.05) is 135 Å². The van der Waals surface area contributed by atoms with E-state index in [4.69, 9.17) is 23.8 Å². The molecule has 0 radical (unpaired) electrons. The van der Waals surface area contributed by atoms with Gasteiger partial charge < -0.3 is 39.3 Å². The number of phosphoric ester groups is 1. The van der Waals surface area contributed by atoms with Gasteiger partial charge in [0, 0.05) is 90.3 Å². The number of ketones is 3. The fraction of sp³-hybridized carbons (Fsp3) is 0.387. The predicted octanol–water partition coefficient (Wildman–Crippen LogP) is 14.0. The fourth-order valence-corrected chi connectivity index (χ4v) is 12.1. The predicted molar refractivity (Wildman–Crippen MR) is 377 cm³/mol. The number of benzene rings is 6. The number of nitro benzene ring substituents is 1. The highest BCUT2D eigenvalue weighted by molar-refractivity contribution is 7.46. The third kappa shape index (κ3) is 29.4. The number of carbonyl (C=O) groups is 7. The van der Waals surface area contributed by atoms with Gasteiger partial charge in [0.25, 0.3) is 5.69 Å². The number of phosphoric acid groups is 1. The molecule has 0 spiro atoms. The number of nitrogens with one attached hydrogen (secondary N) is 1. The number of amides is 1. The Morgan fingerprint density at radius 3 is 1.65 bits per heavy atom. The number of aryl methyl sites for hydroxylation is 6. The summed E-state index contributed by atoms with van der Waals surface area (Å²) in [6.45, 7) is 31.5. The number of aromatic hydroxyl groups is 1. The number of hydrogen-bond donors (Lipinski definition) is 4. The molecule has 532 valence electrons. The van der Waals surface area contributed by atoms with Gasteiger partial charge >= 0.3 is 31.6 Å². The van der Waals surface area contributed by atoms with Crippen molar-refractivity contribution in [2.75, 3.05) is 6.61 Å². The van der Waals surface area contributed by atoms with Crippen LogP contribution < -0.4 is 14.6 Å². The summed E-state index contributed by atoms with van der Waals surface area (Å²) in [6, 6.07) is 34.6. The summed E-state index contributed by atoms with van der Waals surface area (Å²) < 4.78 is 30.6. The summed E-state index contributed by atoms with van der Waals surface area (Å²) in [7, 11) is -4.64. The summed E-state index contributed by atoms with van der Waals surface area (Å²) in [4.78, 5) is 119. The molecule has 0 bridgehead atoms. The van der Waals surface area contributed by atoms with Gasteiger partial charge in [-0.25, -0.2) is 4.57 Å². The van der Waals surface area contributed by atoms with E-state index in [1.54, 1.807) is 38.1 Å². The molecule has 0 atom stereocenters. The fourth-order valence-electron chi connectivity index (χ4n) is 11.7. The van der Waals surface area contributed by atoms with Gasteiger partial charge in [-0.15, -0.1) is 0 Å². The van der Waals surface area contributed by atoms with Gasteiger partial charge in [0.15, 0.2) is 0 Å². The van der Waals surface area contributed by atoms with E-state index in [-0.39, 0.29) is 89.4 Å². The van der Waals surface area contributed by atoms with Crippen LogP contribution in [0.4, 0.5) is 5.69 Å². The summed E-state index contributed by atoms with van der Waals surface area (Å²) in [5, 5.41) is 33.4. The summed E-state index contributed by atoms with van der Waals surface area (Å²) in [5.74, 6) is 0.427. The van der Waals surface area contributed by atoms with Gasteiger partial charge in [0.1, 0.15) is 54.0 Å². The molecule has 2 aliphatic rings. The minimum absolute atomic E-state index is 0.0112. The van der Waals surface area contributed by atoms with Crippen LogP contribution in [0.1, 0.15) is 174 Å². The first kappa shape index (κ1) is 83.4. The highest BCUT2D eigenvalue weighted by atomic mass is 31.2. The number of amidine groups is 1. The van der Waals surface area contributed by atoms with Crippen molar-refractivity contribution in [3.05, 3.63) is 220 Å². The van der Waals surface area contributed by atoms with Crippen LogP contribution in [-0.2, 0) is 89.8 Å². The second kappa shape index (κ2) is 37.8. The topological polar surface area (TPSA) is 345 Å². The molecule has 0 aromatic heterocycles. The molecule has 1 amide bonds. The largest absolute Gasteiger partial charge is 0.524 e. The van der Waals surface area contributed by atoms with E-state index in [2.05, 4.69) is 41.9 Å². The zero-order chi connectivity index (χ0) is 74.9. The van der Waals surface area contributed by atoms with Gasteiger partial charge in [-0.2, -0.15) is 0 Å². The number of non-ortho nitro benzene ring substituents is 1. The number of nitrogens with zero attached hydrogens (tertiary/aromatic N) is 3. The van der Waals surface area contributed by atoms with Crippen molar-refractivity contribution in [2.45, 2.75) is 186 Å². The van der Waals surface area contributed by atoms with Crippen LogP contribution in [0, 0.1) is 61.8 Å². The molecule has 4 N–H and O–H groups in total. The molecule has 6 aromatic rings. The maximum atomic E-state index is 11.9. The number of esters is 3. The minimum atomic E-state index is -4.64. The van der Waals surface area contributed by atoms with Crippen LogP contribution in [0.2, 0.25) is 0 Å². The van der Waals surface area contributed by atoms with Crippen LogP contribution >= 0.6 is 7.82 Å². The number of aliphatic imine (C=N–C) groups is 1. The maximum Gasteiger partial charge on any atom is 0.524 e. The molecule has 23 nitrogen and oxygen atoms in total. The molecule has 0 saturated carbocycles. The molecule has 8 rings (SSSR count). The molecule has 24 heteroatoms. The van der Waals surface area contributed by atoms with Gasteiger partial charge in [-0.3, -0.25) is 53.5 Å². The molecule has 99 heavy (non-hydrogen) atoms. The Labute approximate surface area is 579 Å². The smallest absolute Gasteiger partial charge is 0.508 e. The lowest BCUT2D eigenvalue weighted by Gasteiger charge is -2.32. The Kier molecular flexibility index (Phi) is 31.8. The Morgan fingerprint density at radius 1 is 0.636 bits per heavy atom. The van der Waals surface area contributed by atoms with Crippen molar-refractivity contribution in [2.24, 2.45) is 4.99 Å². The number of phenols is 1. The number of fused-ring (bicyclic) bond motifs is 1. The monoisotopic (exact) mass is 1380 g/mol. The molecule has 2 heterocycles. The Hall–Kier alpha value is -9.83. The minimum Gasteiger partial charge on any atom is -0.508 e.